The molecular weight excluding hydrogens is 283 g/mol. The highest BCUT2D eigenvalue weighted by atomic mass is 19.1. The van der Waals surface area contributed by atoms with Crippen LogP contribution >= 0.6 is 0 Å². The van der Waals surface area contributed by atoms with Crippen LogP contribution in [0.5, 0.6) is 0 Å². The molecule has 1 aliphatic rings. The van der Waals surface area contributed by atoms with Crippen LogP contribution in [0.2, 0.25) is 0 Å². The van der Waals surface area contributed by atoms with Crippen molar-refractivity contribution in [1.82, 2.24) is 0 Å². The first-order chi connectivity index (χ1) is 11.2. The van der Waals surface area contributed by atoms with Crippen LogP contribution in [0.4, 0.5) is 4.39 Å². The predicted octanol–water partition coefficient (Wildman–Crippen LogP) is 5.63. The largest absolute Gasteiger partial charge is 0.207 e. The minimum atomic E-state index is -0.218. The SMILES string of the molecule is CCc1ccc(C2CC=C(C#Cc3ccc(F)cc3)CC2)cc1. The standard InChI is InChI=1S/C22H21F/c1-2-17-5-11-20(12-6-17)21-13-7-18(8-14-21)3-4-19-9-15-22(23)16-10-19/h5-7,9-12,15-16,21H,2,8,13-14H2,1H3. The van der Waals surface area contributed by atoms with Crippen molar-refractivity contribution in [2.24, 2.45) is 0 Å². The van der Waals surface area contributed by atoms with Gasteiger partial charge in [-0.25, -0.2) is 4.39 Å². The lowest BCUT2D eigenvalue weighted by Gasteiger charge is -2.20. The van der Waals surface area contributed by atoms with Gasteiger partial charge in [0.15, 0.2) is 0 Å². The molecule has 2 aromatic carbocycles. The van der Waals surface area contributed by atoms with Crippen molar-refractivity contribution in [3.05, 3.63) is 82.7 Å². The Kier molecular flexibility index (Phi) is 4.93. The Hall–Kier alpha value is -2.33. The monoisotopic (exact) mass is 304 g/mol. The van der Waals surface area contributed by atoms with E-state index in [0.717, 1.165) is 31.2 Å². The summed E-state index contributed by atoms with van der Waals surface area (Å²) in [7, 11) is 0. The molecule has 0 radical (unpaired) electrons. The van der Waals surface area contributed by atoms with E-state index in [2.05, 4.69) is 49.1 Å². The first kappa shape index (κ1) is 15.6. The average molecular weight is 304 g/mol. The van der Waals surface area contributed by atoms with Gasteiger partial charge in [-0.15, -0.1) is 0 Å². The van der Waals surface area contributed by atoms with E-state index < -0.39 is 0 Å². The molecule has 0 nitrogen and oxygen atoms in total. The molecule has 1 heteroatoms. The summed E-state index contributed by atoms with van der Waals surface area (Å²) in [5.74, 6) is 6.75. The van der Waals surface area contributed by atoms with Crippen LogP contribution in [-0.4, -0.2) is 0 Å². The lowest BCUT2D eigenvalue weighted by atomic mass is 9.84. The van der Waals surface area contributed by atoms with Crippen molar-refractivity contribution in [3.8, 4) is 11.8 Å². The number of benzene rings is 2. The Morgan fingerprint density at radius 1 is 1.00 bits per heavy atom. The summed E-state index contributed by atoms with van der Waals surface area (Å²) in [5.41, 5.74) is 4.90. The molecule has 0 saturated carbocycles. The smallest absolute Gasteiger partial charge is 0.123 e. The normalized spacial score (nSPS) is 17.1. The molecule has 1 atom stereocenters. The number of aryl methyl sites for hydroxylation is 1. The Bertz CT molecular complexity index is 739. The van der Waals surface area contributed by atoms with Crippen molar-refractivity contribution in [2.75, 3.05) is 0 Å². The topological polar surface area (TPSA) is 0 Å². The van der Waals surface area contributed by atoms with Gasteiger partial charge in [-0.1, -0.05) is 49.1 Å². The van der Waals surface area contributed by atoms with E-state index in [9.17, 15) is 4.39 Å². The van der Waals surface area contributed by atoms with Crippen LogP contribution in [0, 0.1) is 17.7 Å². The third-order valence-corrected chi connectivity index (χ3v) is 4.48. The molecule has 0 N–H and O–H groups in total. The summed E-state index contributed by atoms with van der Waals surface area (Å²) >= 11 is 0. The Balaban J connectivity index is 1.65. The molecular formula is C22H21F. The molecule has 0 amide bonds. The van der Waals surface area contributed by atoms with Crippen LogP contribution < -0.4 is 0 Å². The highest BCUT2D eigenvalue weighted by molar-refractivity contribution is 5.41. The third kappa shape index (κ3) is 4.11. The number of rotatable bonds is 2. The summed E-state index contributed by atoms with van der Waals surface area (Å²) in [6.07, 6.45) is 6.58. The van der Waals surface area contributed by atoms with Crippen molar-refractivity contribution in [2.45, 2.75) is 38.5 Å². The molecule has 1 unspecified atom stereocenters. The summed E-state index contributed by atoms with van der Waals surface area (Å²) in [4.78, 5) is 0. The fourth-order valence-corrected chi connectivity index (χ4v) is 2.96. The fraction of sp³-hybridized carbons (Fsp3) is 0.273. The Morgan fingerprint density at radius 3 is 2.35 bits per heavy atom. The highest BCUT2D eigenvalue weighted by Crippen LogP contribution is 2.32. The van der Waals surface area contributed by atoms with Crippen molar-refractivity contribution >= 4 is 0 Å². The summed E-state index contributed by atoms with van der Waals surface area (Å²) in [6.45, 7) is 2.18. The zero-order valence-corrected chi connectivity index (χ0v) is 13.5. The molecule has 0 spiro atoms. The van der Waals surface area contributed by atoms with E-state index in [0.29, 0.717) is 5.92 Å². The summed E-state index contributed by atoms with van der Waals surface area (Å²) in [6, 6.07) is 15.4. The molecule has 23 heavy (non-hydrogen) atoms. The zero-order valence-electron chi connectivity index (χ0n) is 13.5. The maximum Gasteiger partial charge on any atom is 0.123 e. The molecule has 0 bridgehead atoms. The van der Waals surface area contributed by atoms with Crippen molar-refractivity contribution in [3.63, 3.8) is 0 Å². The molecule has 1 aliphatic carbocycles. The molecule has 116 valence electrons. The number of allylic oxidation sites excluding steroid dienone is 2. The molecule has 2 aromatic rings. The van der Waals surface area contributed by atoms with Crippen molar-refractivity contribution < 1.29 is 4.39 Å². The minimum Gasteiger partial charge on any atom is -0.207 e. The van der Waals surface area contributed by atoms with E-state index >= 15 is 0 Å². The van der Waals surface area contributed by atoms with E-state index in [4.69, 9.17) is 0 Å². The summed E-state index contributed by atoms with van der Waals surface area (Å²) < 4.78 is 12.9. The third-order valence-electron chi connectivity index (χ3n) is 4.48. The van der Waals surface area contributed by atoms with E-state index in [1.807, 2.05) is 0 Å². The van der Waals surface area contributed by atoms with Gasteiger partial charge in [-0.2, -0.15) is 0 Å². The van der Waals surface area contributed by atoms with E-state index in [1.54, 1.807) is 12.1 Å². The molecule has 0 fully saturated rings. The number of halogens is 1. The van der Waals surface area contributed by atoms with Gasteiger partial charge in [0.1, 0.15) is 5.82 Å². The van der Waals surface area contributed by atoms with Crippen LogP contribution in [0.15, 0.2) is 60.2 Å². The maximum absolute atomic E-state index is 12.9. The second-order valence-corrected chi connectivity index (χ2v) is 6.05. The van der Waals surface area contributed by atoms with Crippen LogP contribution in [0.25, 0.3) is 0 Å². The van der Waals surface area contributed by atoms with Gasteiger partial charge in [-0.3, -0.25) is 0 Å². The minimum absolute atomic E-state index is 0.218. The fourth-order valence-electron chi connectivity index (χ4n) is 2.96. The van der Waals surface area contributed by atoms with E-state index in [1.165, 1.54) is 28.8 Å². The van der Waals surface area contributed by atoms with Gasteiger partial charge < -0.3 is 0 Å². The Labute approximate surface area is 138 Å². The number of hydrogen-bond donors (Lipinski definition) is 0. The van der Waals surface area contributed by atoms with Crippen molar-refractivity contribution in [1.29, 1.82) is 0 Å². The predicted molar refractivity (Wildman–Crippen MR) is 93.8 cm³/mol. The number of hydrogen-bond acceptors (Lipinski definition) is 0. The maximum atomic E-state index is 12.9. The average Bonchev–Trinajstić information content (AvgIpc) is 2.62. The second-order valence-electron chi connectivity index (χ2n) is 6.05. The first-order valence-electron chi connectivity index (χ1n) is 8.30. The zero-order chi connectivity index (χ0) is 16.1. The molecule has 0 aliphatic heterocycles. The van der Waals surface area contributed by atoms with E-state index in [-0.39, 0.29) is 5.82 Å². The highest BCUT2D eigenvalue weighted by Gasteiger charge is 2.15. The van der Waals surface area contributed by atoms with Gasteiger partial charge >= 0.3 is 0 Å². The second kappa shape index (κ2) is 7.29. The van der Waals surface area contributed by atoms with Crippen LogP contribution in [0.3, 0.4) is 0 Å². The van der Waals surface area contributed by atoms with Gasteiger partial charge in [0.25, 0.3) is 0 Å². The molecule has 0 heterocycles. The Morgan fingerprint density at radius 2 is 1.74 bits per heavy atom. The lowest BCUT2D eigenvalue weighted by Crippen LogP contribution is -2.03. The van der Waals surface area contributed by atoms with Crippen LogP contribution in [0.1, 0.15) is 48.8 Å². The van der Waals surface area contributed by atoms with Gasteiger partial charge in [0.2, 0.25) is 0 Å². The van der Waals surface area contributed by atoms with Gasteiger partial charge in [0, 0.05) is 5.56 Å². The van der Waals surface area contributed by atoms with Crippen LogP contribution in [-0.2, 0) is 6.42 Å². The molecule has 0 aromatic heterocycles. The van der Waals surface area contributed by atoms with Gasteiger partial charge in [0.05, 0.1) is 0 Å². The lowest BCUT2D eigenvalue weighted by molar-refractivity contribution is 0.607. The first-order valence-corrected chi connectivity index (χ1v) is 8.30. The quantitative estimate of drug-likeness (QED) is 0.630. The summed E-state index contributed by atoms with van der Waals surface area (Å²) in [5, 5.41) is 0. The molecule has 3 rings (SSSR count). The molecule has 0 saturated heterocycles. The van der Waals surface area contributed by atoms with Gasteiger partial charge in [-0.05, 0) is 72.6 Å².